The second-order valence-corrected chi connectivity index (χ2v) is 5.65. The summed E-state index contributed by atoms with van der Waals surface area (Å²) in [6, 6.07) is 4.14. The molecule has 1 aromatic rings. The highest BCUT2D eigenvalue weighted by atomic mass is 16.5. The molecule has 18 heavy (non-hydrogen) atoms. The van der Waals surface area contributed by atoms with Crippen molar-refractivity contribution in [1.82, 2.24) is 0 Å². The lowest BCUT2D eigenvalue weighted by Gasteiger charge is -2.22. The molecule has 0 spiro atoms. The van der Waals surface area contributed by atoms with Crippen molar-refractivity contribution in [2.75, 3.05) is 0 Å². The molecule has 0 aliphatic heterocycles. The summed E-state index contributed by atoms with van der Waals surface area (Å²) in [5.74, 6) is 1.57. The van der Waals surface area contributed by atoms with Gasteiger partial charge in [0.15, 0.2) is 5.78 Å². The van der Waals surface area contributed by atoms with Gasteiger partial charge < -0.3 is 4.74 Å². The Labute approximate surface area is 109 Å². The predicted octanol–water partition coefficient (Wildman–Crippen LogP) is 4.12. The van der Waals surface area contributed by atoms with Gasteiger partial charge >= 0.3 is 0 Å². The van der Waals surface area contributed by atoms with E-state index in [9.17, 15) is 4.79 Å². The van der Waals surface area contributed by atoms with Crippen LogP contribution in [0.2, 0.25) is 0 Å². The van der Waals surface area contributed by atoms with E-state index in [-0.39, 0.29) is 11.9 Å². The summed E-state index contributed by atoms with van der Waals surface area (Å²) in [5, 5.41) is 0. The van der Waals surface area contributed by atoms with Gasteiger partial charge in [0.2, 0.25) is 0 Å². The van der Waals surface area contributed by atoms with Crippen LogP contribution in [0.3, 0.4) is 0 Å². The van der Waals surface area contributed by atoms with E-state index >= 15 is 0 Å². The Morgan fingerprint density at radius 3 is 2.44 bits per heavy atom. The van der Waals surface area contributed by atoms with Gasteiger partial charge in [0.25, 0.3) is 0 Å². The van der Waals surface area contributed by atoms with Crippen LogP contribution < -0.4 is 4.74 Å². The third kappa shape index (κ3) is 2.58. The lowest BCUT2D eigenvalue weighted by molar-refractivity contribution is 0.0971. The van der Waals surface area contributed by atoms with Crippen LogP contribution in [-0.2, 0) is 6.42 Å². The number of fused-ring (bicyclic) bond motifs is 1. The van der Waals surface area contributed by atoms with Crippen LogP contribution in [0.4, 0.5) is 0 Å². The molecule has 2 rings (SSSR count). The van der Waals surface area contributed by atoms with Crippen LogP contribution in [0, 0.1) is 0 Å². The van der Waals surface area contributed by atoms with Crippen molar-refractivity contribution in [3.8, 4) is 5.75 Å². The molecule has 1 aromatic carbocycles. The van der Waals surface area contributed by atoms with Crippen molar-refractivity contribution in [1.29, 1.82) is 0 Å². The molecule has 98 valence electrons. The van der Waals surface area contributed by atoms with Crippen molar-refractivity contribution >= 4 is 5.78 Å². The molecule has 0 amide bonds. The molecule has 2 nitrogen and oxygen atoms in total. The molecule has 0 fully saturated rings. The minimum Gasteiger partial charge on any atom is -0.491 e. The molecule has 1 aliphatic rings. The highest BCUT2D eigenvalue weighted by Gasteiger charge is 2.21. The fraction of sp³-hybridized carbons (Fsp3) is 0.562. The Morgan fingerprint density at radius 2 is 1.83 bits per heavy atom. The third-order valence-electron chi connectivity index (χ3n) is 3.37. The van der Waals surface area contributed by atoms with E-state index in [2.05, 4.69) is 19.9 Å². The van der Waals surface area contributed by atoms with Crippen LogP contribution in [0.15, 0.2) is 12.1 Å². The average Bonchev–Trinajstić information content (AvgIpc) is 2.28. The molecule has 1 aliphatic carbocycles. The van der Waals surface area contributed by atoms with Gasteiger partial charge in [0.1, 0.15) is 5.75 Å². The van der Waals surface area contributed by atoms with Crippen LogP contribution in [0.1, 0.15) is 67.9 Å². The Kier molecular flexibility index (Phi) is 3.74. The summed E-state index contributed by atoms with van der Waals surface area (Å²) in [6.45, 7) is 8.37. The van der Waals surface area contributed by atoms with E-state index in [1.165, 1.54) is 11.1 Å². The molecule has 0 radical (unpaired) electrons. The van der Waals surface area contributed by atoms with Gasteiger partial charge in [-0.1, -0.05) is 19.9 Å². The van der Waals surface area contributed by atoms with Crippen molar-refractivity contribution < 1.29 is 9.53 Å². The van der Waals surface area contributed by atoms with Gasteiger partial charge in [-0.25, -0.2) is 0 Å². The van der Waals surface area contributed by atoms with Gasteiger partial charge in [-0.05, 0) is 49.8 Å². The molecular formula is C16H22O2. The van der Waals surface area contributed by atoms with Gasteiger partial charge in [0.05, 0.1) is 6.10 Å². The maximum Gasteiger partial charge on any atom is 0.163 e. The van der Waals surface area contributed by atoms with Crippen molar-refractivity contribution in [2.24, 2.45) is 0 Å². The zero-order chi connectivity index (χ0) is 13.3. The molecule has 0 saturated carbocycles. The van der Waals surface area contributed by atoms with Gasteiger partial charge in [-0.2, -0.15) is 0 Å². The SMILES string of the molecule is CC(C)Oc1cc2c(cc1C(C)C)CCCC2=O. The van der Waals surface area contributed by atoms with E-state index < -0.39 is 0 Å². The summed E-state index contributed by atoms with van der Waals surface area (Å²) < 4.78 is 5.87. The Morgan fingerprint density at radius 1 is 1.11 bits per heavy atom. The second kappa shape index (κ2) is 5.13. The average molecular weight is 246 g/mol. The number of ketones is 1. The van der Waals surface area contributed by atoms with E-state index in [0.29, 0.717) is 12.3 Å². The largest absolute Gasteiger partial charge is 0.491 e. The monoisotopic (exact) mass is 246 g/mol. The molecular weight excluding hydrogens is 224 g/mol. The topological polar surface area (TPSA) is 26.3 Å². The van der Waals surface area contributed by atoms with Crippen LogP contribution in [0.5, 0.6) is 5.75 Å². The summed E-state index contributed by atoms with van der Waals surface area (Å²) in [5.41, 5.74) is 3.30. The first kappa shape index (κ1) is 13.1. The number of aryl methyl sites for hydroxylation is 1. The van der Waals surface area contributed by atoms with Crippen molar-refractivity contribution in [3.05, 3.63) is 28.8 Å². The van der Waals surface area contributed by atoms with Crippen LogP contribution in [-0.4, -0.2) is 11.9 Å². The lowest BCUT2D eigenvalue weighted by Crippen LogP contribution is -2.14. The summed E-state index contributed by atoms with van der Waals surface area (Å²) >= 11 is 0. The molecule has 0 saturated heterocycles. The third-order valence-corrected chi connectivity index (χ3v) is 3.37. The maximum absolute atomic E-state index is 11.9. The number of carbonyl (C=O) groups is 1. The first-order valence-electron chi connectivity index (χ1n) is 6.85. The molecule has 0 unspecified atom stereocenters. The fourth-order valence-electron chi connectivity index (χ4n) is 2.49. The number of Topliss-reactive ketones (excluding diaryl/α,β-unsaturated/α-hetero) is 1. The van der Waals surface area contributed by atoms with Crippen molar-refractivity contribution in [2.45, 2.75) is 59.0 Å². The fourth-order valence-corrected chi connectivity index (χ4v) is 2.49. The van der Waals surface area contributed by atoms with E-state index in [1.54, 1.807) is 0 Å². The first-order chi connectivity index (χ1) is 8.49. The van der Waals surface area contributed by atoms with Gasteiger partial charge in [-0.15, -0.1) is 0 Å². The molecule has 0 N–H and O–H groups in total. The van der Waals surface area contributed by atoms with E-state index in [0.717, 1.165) is 24.2 Å². The Balaban J connectivity index is 2.49. The van der Waals surface area contributed by atoms with E-state index in [4.69, 9.17) is 4.74 Å². The van der Waals surface area contributed by atoms with Crippen LogP contribution >= 0.6 is 0 Å². The maximum atomic E-state index is 11.9. The van der Waals surface area contributed by atoms with E-state index in [1.807, 2.05) is 19.9 Å². The highest BCUT2D eigenvalue weighted by Crippen LogP contribution is 2.33. The molecule has 0 heterocycles. The molecule has 0 bridgehead atoms. The predicted molar refractivity (Wildman–Crippen MR) is 73.6 cm³/mol. The highest BCUT2D eigenvalue weighted by molar-refractivity contribution is 5.99. The number of rotatable bonds is 3. The number of hydrogen-bond acceptors (Lipinski definition) is 2. The summed E-state index contributed by atoms with van der Waals surface area (Å²) in [7, 11) is 0. The Bertz CT molecular complexity index is 458. The Hall–Kier alpha value is -1.31. The van der Waals surface area contributed by atoms with Gasteiger partial charge in [0, 0.05) is 12.0 Å². The second-order valence-electron chi connectivity index (χ2n) is 5.65. The summed E-state index contributed by atoms with van der Waals surface area (Å²) in [6.07, 6.45) is 2.81. The van der Waals surface area contributed by atoms with Crippen molar-refractivity contribution in [3.63, 3.8) is 0 Å². The minimum absolute atomic E-state index is 0.138. The molecule has 2 heteroatoms. The number of carbonyl (C=O) groups excluding carboxylic acids is 1. The van der Waals surface area contributed by atoms with Crippen LogP contribution in [0.25, 0.3) is 0 Å². The molecule has 0 atom stereocenters. The standard InChI is InChI=1S/C16H22O2/c1-10(2)13-8-12-6-5-7-15(17)14(12)9-16(13)18-11(3)4/h8-11H,5-7H2,1-4H3. The number of benzene rings is 1. The number of ether oxygens (including phenoxy) is 1. The zero-order valence-electron chi connectivity index (χ0n) is 11.7. The first-order valence-corrected chi connectivity index (χ1v) is 6.85. The smallest absolute Gasteiger partial charge is 0.163 e. The normalized spacial score (nSPS) is 15.1. The quantitative estimate of drug-likeness (QED) is 0.802. The lowest BCUT2D eigenvalue weighted by atomic mass is 9.87. The summed E-state index contributed by atoms with van der Waals surface area (Å²) in [4.78, 5) is 11.9. The zero-order valence-corrected chi connectivity index (χ0v) is 11.7. The minimum atomic E-state index is 0.138. The number of hydrogen-bond donors (Lipinski definition) is 0. The van der Waals surface area contributed by atoms with Gasteiger partial charge in [-0.3, -0.25) is 4.79 Å². The molecule has 0 aromatic heterocycles.